The van der Waals surface area contributed by atoms with E-state index in [9.17, 15) is 19.7 Å². The summed E-state index contributed by atoms with van der Waals surface area (Å²) >= 11 is 5.82. The zero-order valence-corrected chi connectivity index (χ0v) is 16.0. The highest BCUT2D eigenvalue weighted by Crippen LogP contribution is 2.27. The molecule has 0 unspecified atom stereocenters. The molecule has 0 saturated carbocycles. The molecule has 2 fully saturated rings. The number of nitrogens with zero attached hydrogens (tertiary/aromatic N) is 3. The van der Waals surface area contributed by atoms with E-state index in [1.807, 2.05) is 4.90 Å². The lowest BCUT2D eigenvalue weighted by molar-refractivity contribution is -0.385. The number of halogens is 1. The van der Waals surface area contributed by atoms with Gasteiger partial charge in [-0.3, -0.25) is 19.7 Å². The molecule has 146 valence electrons. The molecule has 2 amide bonds. The van der Waals surface area contributed by atoms with Crippen molar-refractivity contribution in [3.63, 3.8) is 0 Å². The molecule has 2 aliphatic rings. The number of likely N-dealkylation sites (tertiary alicyclic amines) is 2. The third kappa shape index (κ3) is 4.58. The lowest BCUT2D eigenvalue weighted by Gasteiger charge is -2.34. The van der Waals surface area contributed by atoms with Crippen LogP contribution < -0.4 is 0 Å². The molecule has 0 spiro atoms. The largest absolute Gasteiger partial charge is 0.342 e. The number of hydrogen-bond donors (Lipinski definition) is 0. The van der Waals surface area contributed by atoms with Gasteiger partial charge in [0.25, 0.3) is 11.6 Å². The van der Waals surface area contributed by atoms with Gasteiger partial charge in [-0.05, 0) is 37.8 Å². The molecular weight excluding hydrogens is 370 g/mol. The van der Waals surface area contributed by atoms with E-state index in [-0.39, 0.29) is 34.0 Å². The number of nitro groups is 1. The van der Waals surface area contributed by atoms with Gasteiger partial charge in [0, 0.05) is 43.2 Å². The van der Waals surface area contributed by atoms with Gasteiger partial charge in [0.05, 0.1) is 4.92 Å². The lowest BCUT2D eigenvalue weighted by atomic mass is 9.94. The Morgan fingerprint density at radius 3 is 2.22 bits per heavy atom. The minimum absolute atomic E-state index is 0.0432. The van der Waals surface area contributed by atoms with E-state index in [0.717, 1.165) is 25.9 Å². The first kappa shape index (κ1) is 19.6. The van der Waals surface area contributed by atoms with Crippen LogP contribution in [0, 0.1) is 16.0 Å². The van der Waals surface area contributed by atoms with E-state index in [1.165, 1.54) is 31.0 Å². The molecule has 0 aromatic heterocycles. The molecule has 2 heterocycles. The van der Waals surface area contributed by atoms with Crippen LogP contribution in [0.4, 0.5) is 5.69 Å². The average Bonchev–Trinajstić information content (AvgIpc) is 2.96. The van der Waals surface area contributed by atoms with Gasteiger partial charge in [-0.1, -0.05) is 24.4 Å². The third-order valence-corrected chi connectivity index (χ3v) is 5.67. The summed E-state index contributed by atoms with van der Waals surface area (Å²) < 4.78 is 0. The van der Waals surface area contributed by atoms with Gasteiger partial charge < -0.3 is 9.80 Å². The normalized spacial score (nSPS) is 18.9. The van der Waals surface area contributed by atoms with Crippen LogP contribution in [0.15, 0.2) is 18.2 Å². The van der Waals surface area contributed by atoms with Gasteiger partial charge in [-0.25, -0.2) is 0 Å². The highest BCUT2D eigenvalue weighted by Gasteiger charge is 2.32. The van der Waals surface area contributed by atoms with Gasteiger partial charge in [0.2, 0.25) is 5.91 Å². The van der Waals surface area contributed by atoms with Crippen molar-refractivity contribution in [1.82, 2.24) is 9.80 Å². The Hall–Kier alpha value is -2.15. The monoisotopic (exact) mass is 393 g/mol. The lowest BCUT2D eigenvalue weighted by Crippen LogP contribution is -2.44. The van der Waals surface area contributed by atoms with Crippen molar-refractivity contribution in [1.29, 1.82) is 0 Å². The van der Waals surface area contributed by atoms with E-state index in [1.54, 1.807) is 4.90 Å². The summed E-state index contributed by atoms with van der Waals surface area (Å²) in [5, 5.41) is 11.5. The minimum Gasteiger partial charge on any atom is -0.342 e. The number of carbonyl (C=O) groups excluding carboxylic acids is 2. The van der Waals surface area contributed by atoms with Crippen LogP contribution in [0.25, 0.3) is 0 Å². The van der Waals surface area contributed by atoms with E-state index in [4.69, 9.17) is 11.6 Å². The fourth-order valence-corrected chi connectivity index (χ4v) is 4.05. The third-order valence-electron chi connectivity index (χ3n) is 5.44. The van der Waals surface area contributed by atoms with Crippen molar-refractivity contribution in [2.24, 2.45) is 5.92 Å². The van der Waals surface area contributed by atoms with Crippen LogP contribution in [-0.4, -0.2) is 52.7 Å². The predicted octanol–water partition coefficient (Wildman–Crippen LogP) is 3.50. The van der Waals surface area contributed by atoms with Gasteiger partial charge in [-0.15, -0.1) is 0 Å². The number of benzene rings is 1. The van der Waals surface area contributed by atoms with Gasteiger partial charge in [0.1, 0.15) is 5.56 Å². The van der Waals surface area contributed by atoms with E-state index >= 15 is 0 Å². The molecule has 8 heteroatoms. The summed E-state index contributed by atoms with van der Waals surface area (Å²) in [6.07, 6.45) is 5.67. The summed E-state index contributed by atoms with van der Waals surface area (Å²) in [7, 11) is 0. The molecule has 27 heavy (non-hydrogen) atoms. The minimum atomic E-state index is -0.589. The predicted molar refractivity (Wildman–Crippen MR) is 102 cm³/mol. The number of rotatable bonds is 3. The zero-order chi connectivity index (χ0) is 19.4. The maximum Gasteiger partial charge on any atom is 0.283 e. The van der Waals surface area contributed by atoms with Crippen LogP contribution in [0.5, 0.6) is 0 Å². The van der Waals surface area contributed by atoms with Crippen molar-refractivity contribution in [3.8, 4) is 0 Å². The summed E-state index contributed by atoms with van der Waals surface area (Å²) in [6.45, 7) is 2.52. The van der Waals surface area contributed by atoms with Crippen molar-refractivity contribution >= 4 is 29.1 Å². The molecule has 0 atom stereocenters. The Kier molecular flexibility index (Phi) is 6.31. The molecule has 3 rings (SSSR count). The molecule has 0 N–H and O–H groups in total. The number of piperidine rings is 1. The van der Waals surface area contributed by atoms with Crippen LogP contribution in [-0.2, 0) is 4.79 Å². The Bertz CT molecular complexity index is 724. The molecule has 7 nitrogen and oxygen atoms in total. The molecule has 0 bridgehead atoms. The molecule has 1 aromatic rings. The summed E-state index contributed by atoms with van der Waals surface area (Å²) in [4.78, 5) is 39.7. The second kappa shape index (κ2) is 8.69. The maximum absolute atomic E-state index is 12.8. The van der Waals surface area contributed by atoms with Crippen LogP contribution >= 0.6 is 11.6 Å². The smallest absolute Gasteiger partial charge is 0.283 e. The highest BCUT2D eigenvalue weighted by molar-refractivity contribution is 6.31. The van der Waals surface area contributed by atoms with Crippen molar-refractivity contribution in [3.05, 3.63) is 38.9 Å². The Balaban J connectivity index is 1.63. The highest BCUT2D eigenvalue weighted by atomic mass is 35.5. The topological polar surface area (TPSA) is 83.8 Å². The second-order valence-corrected chi connectivity index (χ2v) is 7.66. The molecule has 2 saturated heterocycles. The molecule has 0 aliphatic carbocycles. The van der Waals surface area contributed by atoms with Crippen LogP contribution in [0.2, 0.25) is 5.02 Å². The van der Waals surface area contributed by atoms with Gasteiger partial charge in [-0.2, -0.15) is 0 Å². The number of amides is 2. The Labute approximate surface area is 163 Å². The van der Waals surface area contributed by atoms with Crippen LogP contribution in [0.3, 0.4) is 0 Å². The SMILES string of the molecule is O=C(c1ccc(Cl)cc1[N+](=O)[O-])N1CCC(C(=O)N2CCCCCC2)CC1. The average molecular weight is 394 g/mol. The first-order chi connectivity index (χ1) is 13.0. The molecule has 1 aromatic carbocycles. The van der Waals surface area contributed by atoms with Crippen molar-refractivity contribution in [2.45, 2.75) is 38.5 Å². The van der Waals surface area contributed by atoms with E-state index < -0.39 is 4.92 Å². The number of carbonyl (C=O) groups is 2. The van der Waals surface area contributed by atoms with Crippen molar-refractivity contribution in [2.75, 3.05) is 26.2 Å². The fourth-order valence-electron chi connectivity index (χ4n) is 3.89. The van der Waals surface area contributed by atoms with E-state index in [2.05, 4.69) is 0 Å². The molecular formula is C19H24ClN3O4. The molecule has 2 aliphatic heterocycles. The summed E-state index contributed by atoms with van der Waals surface area (Å²) in [6, 6.07) is 4.08. The second-order valence-electron chi connectivity index (χ2n) is 7.22. The number of hydrogen-bond acceptors (Lipinski definition) is 4. The van der Waals surface area contributed by atoms with Crippen LogP contribution in [0.1, 0.15) is 48.9 Å². The van der Waals surface area contributed by atoms with Gasteiger partial charge in [0.15, 0.2) is 0 Å². The zero-order valence-electron chi connectivity index (χ0n) is 15.2. The first-order valence-electron chi connectivity index (χ1n) is 9.49. The number of nitro benzene ring substituents is 1. The van der Waals surface area contributed by atoms with E-state index in [0.29, 0.717) is 25.9 Å². The summed E-state index contributed by atoms with van der Waals surface area (Å²) in [5.74, 6) is -0.243. The quantitative estimate of drug-likeness (QED) is 0.581. The van der Waals surface area contributed by atoms with Crippen molar-refractivity contribution < 1.29 is 14.5 Å². The Morgan fingerprint density at radius 2 is 1.63 bits per heavy atom. The maximum atomic E-state index is 12.8. The first-order valence-corrected chi connectivity index (χ1v) is 9.87. The summed E-state index contributed by atoms with van der Waals surface area (Å²) in [5.41, 5.74) is -0.239. The molecule has 0 radical (unpaired) electrons. The standard InChI is InChI=1S/C19H24ClN3O4/c20-15-5-6-16(17(13-15)23(26)27)19(25)22-11-7-14(8-12-22)18(24)21-9-3-1-2-4-10-21/h5-6,13-14H,1-4,7-12H2. The Morgan fingerprint density at radius 1 is 1.00 bits per heavy atom. The van der Waals surface area contributed by atoms with Gasteiger partial charge >= 0.3 is 0 Å². The fraction of sp³-hybridized carbons (Fsp3) is 0.579.